The second-order valence-corrected chi connectivity index (χ2v) is 3.73. The average molecular weight is 285 g/mol. The van der Waals surface area contributed by atoms with Crippen LogP contribution in [-0.2, 0) is 0 Å². The highest BCUT2D eigenvalue weighted by molar-refractivity contribution is 9.09. The van der Waals surface area contributed by atoms with Crippen molar-refractivity contribution < 1.29 is 14.6 Å². The molecule has 0 radical (unpaired) electrons. The van der Waals surface area contributed by atoms with E-state index in [2.05, 4.69) is 20.9 Å². The monoisotopic (exact) mass is 283 g/mol. The van der Waals surface area contributed by atoms with E-state index in [1.54, 1.807) is 0 Å². The van der Waals surface area contributed by atoms with E-state index < -0.39 is 18.0 Å². The number of pyridine rings is 1. The zero-order valence-electron chi connectivity index (χ0n) is 6.99. The van der Waals surface area contributed by atoms with Gasteiger partial charge in [0.1, 0.15) is 17.1 Å². The molecule has 0 fully saturated rings. The van der Waals surface area contributed by atoms with Gasteiger partial charge >= 0.3 is 0 Å². The van der Waals surface area contributed by atoms with Crippen molar-refractivity contribution in [2.75, 3.05) is 5.33 Å². The number of hydrogen-bond donors (Lipinski definition) is 2. The fraction of sp³-hybridized carbons (Fsp3) is 0.375. The van der Waals surface area contributed by atoms with Gasteiger partial charge in [-0.05, 0) is 6.07 Å². The molecule has 14 heavy (non-hydrogen) atoms. The summed E-state index contributed by atoms with van der Waals surface area (Å²) in [6.07, 6.45) is -1.49. The van der Waals surface area contributed by atoms with Crippen molar-refractivity contribution in [2.45, 2.75) is 12.2 Å². The Bertz CT molecular complexity index is 326. The van der Waals surface area contributed by atoms with Crippen LogP contribution in [0, 0.1) is 5.82 Å². The molecule has 0 aliphatic rings. The van der Waals surface area contributed by atoms with Crippen LogP contribution in [0.1, 0.15) is 11.7 Å². The molecule has 6 heteroatoms. The fourth-order valence-electron chi connectivity index (χ4n) is 0.946. The summed E-state index contributed by atoms with van der Waals surface area (Å²) < 4.78 is 13.1. The maximum Gasteiger partial charge on any atom is 0.147 e. The topological polar surface area (TPSA) is 53.4 Å². The van der Waals surface area contributed by atoms with Gasteiger partial charge in [-0.2, -0.15) is 0 Å². The number of rotatable bonds is 3. The molecule has 2 unspecified atom stereocenters. The van der Waals surface area contributed by atoms with E-state index in [0.717, 1.165) is 6.20 Å². The lowest BCUT2D eigenvalue weighted by Gasteiger charge is -2.16. The zero-order chi connectivity index (χ0) is 10.7. The van der Waals surface area contributed by atoms with Crippen LogP contribution < -0.4 is 0 Å². The molecule has 1 aromatic rings. The van der Waals surface area contributed by atoms with Gasteiger partial charge in [-0.15, -0.1) is 0 Å². The number of aliphatic hydroxyl groups excluding tert-OH is 2. The molecule has 0 aliphatic heterocycles. The summed E-state index contributed by atoms with van der Waals surface area (Å²) in [5.41, 5.74) is -0.0584. The van der Waals surface area contributed by atoms with Gasteiger partial charge in [0.05, 0.1) is 12.3 Å². The van der Waals surface area contributed by atoms with Crippen LogP contribution in [0.15, 0.2) is 12.3 Å². The van der Waals surface area contributed by atoms with Crippen LogP contribution in [-0.4, -0.2) is 26.6 Å². The summed E-state index contributed by atoms with van der Waals surface area (Å²) in [5.74, 6) is -0.693. The molecule has 1 heterocycles. The number of alkyl halides is 1. The van der Waals surface area contributed by atoms with Crippen LogP contribution >= 0.6 is 27.5 Å². The molecule has 0 aliphatic carbocycles. The van der Waals surface area contributed by atoms with Gasteiger partial charge in [-0.1, -0.05) is 27.5 Å². The summed E-state index contributed by atoms with van der Waals surface area (Å²) in [6, 6.07) is 1.19. The molecular formula is C8H8BrClFNO2. The van der Waals surface area contributed by atoms with Crippen molar-refractivity contribution in [3.63, 3.8) is 0 Å². The van der Waals surface area contributed by atoms with Gasteiger partial charge in [0.25, 0.3) is 0 Å². The van der Waals surface area contributed by atoms with Crippen LogP contribution in [0.5, 0.6) is 0 Å². The maximum atomic E-state index is 13.1. The first kappa shape index (κ1) is 11.8. The Kier molecular flexibility index (Phi) is 4.25. The van der Waals surface area contributed by atoms with E-state index in [-0.39, 0.29) is 16.0 Å². The molecule has 3 nitrogen and oxygen atoms in total. The minimum absolute atomic E-state index is 0.0584. The zero-order valence-corrected chi connectivity index (χ0v) is 9.33. The van der Waals surface area contributed by atoms with Gasteiger partial charge in [0, 0.05) is 10.9 Å². The summed E-state index contributed by atoms with van der Waals surface area (Å²) in [6.45, 7) is 0. The Morgan fingerprint density at radius 2 is 2.21 bits per heavy atom. The van der Waals surface area contributed by atoms with Crippen molar-refractivity contribution in [1.29, 1.82) is 0 Å². The highest BCUT2D eigenvalue weighted by atomic mass is 79.9. The third-order valence-electron chi connectivity index (χ3n) is 1.69. The number of aliphatic hydroxyl groups is 2. The third-order valence-corrected chi connectivity index (χ3v) is 2.56. The fourth-order valence-corrected chi connectivity index (χ4v) is 1.47. The minimum Gasteiger partial charge on any atom is -0.389 e. The lowest BCUT2D eigenvalue weighted by atomic mass is 10.1. The quantitative estimate of drug-likeness (QED) is 0.656. The standard InChI is InChI=1S/C8H8BrClFNO2/c9-2-6(13)8(14)4-1-7(10)12-3-5(4)11/h1,3,6,8,13-14H,2H2. The Labute approximate surface area is 93.7 Å². The van der Waals surface area contributed by atoms with E-state index in [9.17, 15) is 14.6 Å². The molecule has 0 bridgehead atoms. The highest BCUT2D eigenvalue weighted by Gasteiger charge is 2.21. The molecule has 1 aromatic heterocycles. The Balaban J connectivity index is 2.99. The second-order valence-electron chi connectivity index (χ2n) is 2.70. The third kappa shape index (κ3) is 2.63. The molecule has 0 amide bonds. The Hall–Kier alpha value is -0.230. The first-order valence-corrected chi connectivity index (χ1v) is 5.29. The van der Waals surface area contributed by atoms with Crippen LogP contribution in [0.4, 0.5) is 4.39 Å². The normalized spacial score (nSPS) is 15.2. The lowest BCUT2D eigenvalue weighted by Crippen LogP contribution is -2.20. The van der Waals surface area contributed by atoms with Crippen molar-refractivity contribution >= 4 is 27.5 Å². The summed E-state index contributed by atoms with van der Waals surface area (Å²) >= 11 is 8.50. The van der Waals surface area contributed by atoms with Crippen LogP contribution in [0.25, 0.3) is 0 Å². The molecule has 1 rings (SSSR count). The molecule has 2 N–H and O–H groups in total. The van der Waals surface area contributed by atoms with Crippen LogP contribution in [0.3, 0.4) is 0 Å². The van der Waals surface area contributed by atoms with Crippen molar-refractivity contribution in [3.8, 4) is 0 Å². The predicted molar refractivity (Wildman–Crippen MR) is 54.0 cm³/mol. The summed E-state index contributed by atoms with van der Waals surface area (Å²) in [5, 5.41) is 19.0. The molecular weight excluding hydrogens is 276 g/mol. The molecule has 2 atom stereocenters. The first-order chi connectivity index (χ1) is 6.56. The lowest BCUT2D eigenvalue weighted by molar-refractivity contribution is 0.0319. The molecule has 0 aromatic carbocycles. The summed E-state index contributed by atoms with van der Waals surface area (Å²) in [7, 11) is 0. The van der Waals surface area contributed by atoms with Crippen LogP contribution in [0.2, 0.25) is 5.15 Å². The van der Waals surface area contributed by atoms with Gasteiger partial charge in [-0.25, -0.2) is 9.37 Å². The predicted octanol–water partition coefficient (Wildman–Crippen LogP) is 1.66. The number of aromatic nitrogens is 1. The number of hydrogen-bond acceptors (Lipinski definition) is 3. The van der Waals surface area contributed by atoms with Crippen molar-refractivity contribution in [2.24, 2.45) is 0 Å². The van der Waals surface area contributed by atoms with Gasteiger partial charge < -0.3 is 10.2 Å². The van der Waals surface area contributed by atoms with E-state index in [1.807, 2.05) is 0 Å². The number of halogens is 3. The minimum atomic E-state index is -1.31. The highest BCUT2D eigenvalue weighted by Crippen LogP contribution is 2.22. The van der Waals surface area contributed by atoms with E-state index in [1.165, 1.54) is 6.07 Å². The molecule has 78 valence electrons. The molecule has 0 spiro atoms. The summed E-state index contributed by atoms with van der Waals surface area (Å²) in [4.78, 5) is 3.49. The average Bonchev–Trinajstić information content (AvgIpc) is 2.19. The van der Waals surface area contributed by atoms with Gasteiger partial charge in [-0.3, -0.25) is 0 Å². The van der Waals surface area contributed by atoms with Gasteiger partial charge in [0.15, 0.2) is 0 Å². The Morgan fingerprint density at radius 3 is 2.79 bits per heavy atom. The van der Waals surface area contributed by atoms with E-state index >= 15 is 0 Å². The Morgan fingerprint density at radius 1 is 1.57 bits per heavy atom. The first-order valence-electron chi connectivity index (χ1n) is 3.79. The van der Waals surface area contributed by atoms with Gasteiger partial charge in [0.2, 0.25) is 0 Å². The van der Waals surface area contributed by atoms with E-state index in [4.69, 9.17) is 11.6 Å². The van der Waals surface area contributed by atoms with Crippen molar-refractivity contribution in [1.82, 2.24) is 4.98 Å². The molecule has 0 saturated heterocycles. The smallest absolute Gasteiger partial charge is 0.147 e. The molecule has 0 saturated carbocycles. The maximum absolute atomic E-state index is 13.1. The largest absolute Gasteiger partial charge is 0.389 e. The second kappa shape index (κ2) is 5.02. The SMILES string of the molecule is OC(CBr)C(O)c1cc(Cl)ncc1F. The number of nitrogens with zero attached hydrogens (tertiary/aromatic N) is 1. The van der Waals surface area contributed by atoms with E-state index in [0.29, 0.717) is 0 Å². The van der Waals surface area contributed by atoms with Crippen molar-refractivity contribution in [3.05, 3.63) is 28.8 Å².